The van der Waals surface area contributed by atoms with Gasteiger partial charge in [0.05, 0.1) is 9.88 Å². The monoisotopic (exact) mass is 340 g/mol. The van der Waals surface area contributed by atoms with Crippen LogP contribution in [0, 0.1) is 24.7 Å². The van der Waals surface area contributed by atoms with Crippen LogP contribution in [-0.4, -0.2) is 11.8 Å². The van der Waals surface area contributed by atoms with Gasteiger partial charge >= 0.3 is 0 Å². The lowest BCUT2D eigenvalue weighted by molar-refractivity contribution is -0.123. The van der Waals surface area contributed by atoms with Crippen LogP contribution in [0.3, 0.4) is 0 Å². The Bertz CT molecular complexity index is 823. The zero-order valence-electron chi connectivity index (χ0n) is 14.2. The van der Waals surface area contributed by atoms with Crippen molar-refractivity contribution >= 4 is 33.8 Å². The summed E-state index contributed by atoms with van der Waals surface area (Å²) in [6.45, 7) is 7.37. The van der Waals surface area contributed by atoms with Crippen LogP contribution in [-0.2, 0) is 4.79 Å². The van der Waals surface area contributed by atoms with E-state index in [1.54, 1.807) is 30.3 Å². The van der Waals surface area contributed by atoms with Crippen molar-refractivity contribution in [2.24, 2.45) is 5.41 Å². The van der Waals surface area contributed by atoms with Gasteiger partial charge in [-0.3, -0.25) is 9.59 Å². The van der Waals surface area contributed by atoms with E-state index >= 15 is 0 Å². The number of carbonyl (C=O) groups excluding carboxylic acids is 2. The van der Waals surface area contributed by atoms with E-state index in [0.29, 0.717) is 21.1 Å². The largest absolute Gasteiger partial charge is 0.321 e. The van der Waals surface area contributed by atoms with Gasteiger partial charge in [-0.05, 0) is 36.8 Å². The first-order valence-electron chi connectivity index (χ1n) is 7.50. The van der Waals surface area contributed by atoms with Gasteiger partial charge in [-0.2, -0.15) is 0 Å². The maximum Gasteiger partial charge on any atom is 0.266 e. The zero-order valence-corrected chi connectivity index (χ0v) is 15.0. The van der Waals surface area contributed by atoms with Crippen LogP contribution >= 0.6 is 11.3 Å². The molecule has 1 heterocycles. The summed E-state index contributed by atoms with van der Waals surface area (Å²) < 4.78 is 0. The fourth-order valence-electron chi connectivity index (χ4n) is 1.94. The fourth-order valence-corrected chi connectivity index (χ4v) is 2.91. The molecule has 0 unspecified atom stereocenters. The second kappa shape index (κ2) is 6.90. The Morgan fingerprint density at radius 3 is 2.50 bits per heavy atom. The standard InChI is InChI=1S/C19H20N2O2S/c1-6-13-8-7-9-14(11-13)20-17(22)16-12(2)10-15(24-16)21-18(23)19(3,4)5/h1,7-11H,2-5H3,(H,20,22)(H,21,23). The highest BCUT2D eigenvalue weighted by Crippen LogP contribution is 2.29. The molecule has 0 atom stereocenters. The summed E-state index contributed by atoms with van der Waals surface area (Å²) in [5.41, 5.74) is 1.67. The highest BCUT2D eigenvalue weighted by atomic mass is 32.1. The first-order chi connectivity index (χ1) is 11.2. The number of amides is 2. The molecule has 124 valence electrons. The van der Waals surface area contributed by atoms with E-state index in [2.05, 4.69) is 16.6 Å². The lowest BCUT2D eigenvalue weighted by Crippen LogP contribution is -2.27. The van der Waals surface area contributed by atoms with Gasteiger partial charge in [0.2, 0.25) is 5.91 Å². The first-order valence-corrected chi connectivity index (χ1v) is 8.32. The maximum absolute atomic E-state index is 12.5. The highest BCUT2D eigenvalue weighted by Gasteiger charge is 2.23. The molecule has 0 radical (unpaired) electrons. The van der Waals surface area contributed by atoms with Crippen LogP contribution < -0.4 is 10.6 Å². The van der Waals surface area contributed by atoms with E-state index in [1.807, 2.05) is 27.7 Å². The minimum Gasteiger partial charge on any atom is -0.321 e. The van der Waals surface area contributed by atoms with E-state index < -0.39 is 5.41 Å². The van der Waals surface area contributed by atoms with Gasteiger partial charge in [0, 0.05) is 16.7 Å². The quantitative estimate of drug-likeness (QED) is 0.820. The van der Waals surface area contributed by atoms with E-state index in [4.69, 9.17) is 6.42 Å². The number of hydrogen-bond acceptors (Lipinski definition) is 3. The molecule has 0 aliphatic heterocycles. The van der Waals surface area contributed by atoms with Gasteiger partial charge in [-0.15, -0.1) is 17.8 Å². The van der Waals surface area contributed by atoms with Crippen LogP contribution in [0.2, 0.25) is 0 Å². The van der Waals surface area contributed by atoms with Gasteiger partial charge in [0.1, 0.15) is 0 Å². The van der Waals surface area contributed by atoms with Crippen molar-refractivity contribution in [3.05, 3.63) is 46.3 Å². The third-order valence-corrected chi connectivity index (χ3v) is 4.48. The van der Waals surface area contributed by atoms with Gasteiger partial charge < -0.3 is 10.6 Å². The molecule has 0 bridgehead atoms. The Labute approximate surface area is 146 Å². The number of aryl methyl sites for hydroxylation is 1. The normalized spacial score (nSPS) is 10.8. The van der Waals surface area contributed by atoms with Gasteiger partial charge in [0.25, 0.3) is 5.91 Å². The topological polar surface area (TPSA) is 58.2 Å². The summed E-state index contributed by atoms with van der Waals surface area (Å²) in [5, 5.41) is 6.35. The smallest absolute Gasteiger partial charge is 0.266 e. The molecule has 0 saturated heterocycles. The van der Waals surface area contributed by atoms with Crippen molar-refractivity contribution in [1.29, 1.82) is 0 Å². The third kappa shape index (κ3) is 4.24. The Hall–Kier alpha value is -2.58. The molecule has 0 fully saturated rings. The summed E-state index contributed by atoms with van der Waals surface area (Å²) in [6, 6.07) is 8.92. The van der Waals surface area contributed by atoms with E-state index in [0.717, 1.165) is 5.56 Å². The van der Waals surface area contributed by atoms with Crippen LogP contribution in [0.4, 0.5) is 10.7 Å². The second-order valence-electron chi connectivity index (χ2n) is 6.51. The van der Waals surface area contributed by atoms with Crippen LogP contribution in [0.1, 0.15) is 41.6 Å². The van der Waals surface area contributed by atoms with E-state index in [9.17, 15) is 9.59 Å². The molecule has 0 aliphatic carbocycles. The first kappa shape index (κ1) is 17.8. The van der Waals surface area contributed by atoms with Gasteiger partial charge in [0.15, 0.2) is 0 Å². The van der Waals surface area contributed by atoms with Gasteiger partial charge in [-0.25, -0.2) is 0 Å². The Morgan fingerprint density at radius 1 is 1.17 bits per heavy atom. The Kier molecular flexibility index (Phi) is 5.10. The molecule has 1 aromatic carbocycles. The summed E-state index contributed by atoms with van der Waals surface area (Å²) in [5.74, 6) is 2.23. The average Bonchev–Trinajstić information content (AvgIpc) is 2.87. The summed E-state index contributed by atoms with van der Waals surface area (Å²) in [6.07, 6.45) is 5.37. The molecule has 2 rings (SSSR count). The Balaban J connectivity index is 2.16. The maximum atomic E-state index is 12.5. The second-order valence-corrected chi connectivity index (χ2v) is 7.56. The molecule has 2 N–H and O–H groups in total. The number of benzene rings is 1. The molecule has 2 aromatic rings. The minimum atomic E-state index is -0.490. The average molecular weight is 340 g/mol. The lowest BCUT2D eigenvalue weighted by atomic mass is 9.96. The third-order valence-electron chi connectivity index (χ3n) is 3.33. The molecule has 1 aromatic heterocycles. The van der Waals surface area contributed by atoms with Crippen LogP contribution in [0.25, 0.3) is 0 Å². The van der Waals surface area contributed by atoms with Crippen molar-refractivity contribution in [3.63, 3.8) is 0 Å². The lowest BCUT2D eigenvalue weighted by Gasteiger charge is -2.16. The number of nitrogens with one attached hydrogen (secondary N) is 2. The number of rotatable bonds is 3. The number of thiophene rings is 1. The Morgan fingerprint density at radius 2 is 1.88 bits per heavy atom. The summed E-state index contributed by atoms with van der Waals surface area (Å²) >= 11 is 1.26. The molecule has 4 nitrogen and oxygen atoms in total. The molecule has 2 amide bonds. The number of terminal acetylenes is 1. The number of carbonyl (C=O) groups is 2. The predicted octanol–water partition coefficient (Wildman–Crippen LogP) is 4.27. The van der Waals surface area contributed by atoms with Crippen molar-refractivity contribution in [3.8, 4) is 12.3 Å². The van der Waals surface area contributed by atoms with Gasteiger partial charge in [-0.1, -0.05) is 32.8 Å². The molecule has 0 aliphatic rings. The number of hydrogen-bond donors (Lipinski definition) is 2. The van der Waals surface area contributed by atoms with E-state index in [-0.39, 0.29) is 11.8 Å². The minimum absolute atomic E-state index is 0.0857. The van der Waals surface area contributed by atoms with Crippen molar-refractivity contribution < 1.29 is 9.59 Å². The van der Waals surface area contributed by atoms with Crippen molar-refractivity contribution in [2.45, 2.75) is 27.7 Å². The zero-order chi connectivity index (χ0) is 17.9. The fraction of sp³-hybridized carbons (Fsp3) is 0.263. The van der Waals surface area contributed by atoms with E-state index in [1.165, 1.54) is 11.3 Å². The molecular formula is C19H20N2O2S. The van der Waals surface area contributed by atoms with Crippen molar-refractivity contribution in [1.82, 2.24) is 0 Å². The highest BCUT2D eigenvalue weighted by molar-refractivity contribution is 7.18. The van der Waals surface area contributed by atoms with Crippen LogP contribution in [0.5, 0.6) is 0 Å². The van der Waals surface area contributed by atoms with Crippen molar-refractivity contribution in [2.75, 3.05) is 10.6 Å². The molecule has 5 heteroatoms. The summed E-state index contributed by atoms with van der Waals surface area (Å²) in [7, 11) is 0. The molecule has 0 spiro atoms. The van der Waals surface area contributed by atoms with Crippen LogP contribution in [0.15, 0.2) is 30.3 Å². The number of anilines is 2. The molecular weight excluding hydrogens is 320 g/mol. The molecule has 0 saturated carbocycles. The predicted molar refractivity (Wildman–Crippen MR) is 99.5 cm³/mol. The summed E-state index contributed by atoms with van der Waals surface area (Å²) in [4.78, 5) is 25.1. The SMILES string of the molecule is C#Cc1cccc(NC(=O)c2sc(NC(=O)C(C)(C)C)cc2C)c1. The molecule has 24 heavy (non-hydrogen) atoms.